The fourth-order valence-corrected chi connectivity index (χ4v) is 3.65. The summed E-state index contributed by atoms with van der Waals surface area (Å²) in [7, 11) is 0. The molecule has 0 aliphatic rings. The number of nitrogens with zero attached hydrogens (tertiary/aromatic N) is 3. The van der Waals surface area contributed by atoms with Crippen molar-refractivity contribution in [3.63, 3.8) is 0 Å². The minimum atomic E-state index is 0.677. The molecule has 0 spiro atoms. The standard InChI is InChI=1S/C28H21N3/c1-20-19-24(21-11-5-2-6-12-21)17-18-25(20)28-30-26(22-13-7-3-8-14-22)29-27(31-28)23-15-9-4-10-16-23/h2-19H,1H3. The Balaban J connectivity index is 1.65. The summed E-state index contributed by atoms with van der Waals surface area (Å²) in [6, 6.07) is 36.9. The van der Waals surface area contributed by atoms with Gasteiger partial charge in [0.05, 0.1) is 0 Å². The van der Waals surface area contributed by atoms with Crippen molar-refractivity contribution in [1.29, 1.82) is 0 Å². The maximum atomic E-state index is 4.84. The van der Waals surface area contributed by atoms with Crippen LogP contribution in [-0.2, 0) is 0 Å². The second kappa shape index (κ2) is 8.33. The highest BCUT2D eigenvalue weighted by atomic mass is 15.0. The molecule has 0 saturated heterocycles. The van der Waals surface area contributed by atoms with Gasteiger partial charge in [0.15, 0.2) is 17.5 Å². The number of rotatable bonds is 4. The van der Waals surface area contributed by atoms with E-state index in [1.165, 1.54) is 11.1 Å². The molecule has 0 radical (unpaired) electrons. The largest absolute Gasteiger partial charge is 0.208 e. The third-order valence-electron chi connectivity index (χ3n) is 5.27. The Bertz CT molecular complexity index is 1260. The average molecular weight is 399 g/mol. The average Bonchev–Trinajstić information content (AvgIpc) is 2.85. The van der Waals surface area contributed by atoms with E-state index in [-0.39, 0.29) is 0 Å². The highest BCUT2D eigenvalue weighted by Crippen LogP contribution is 2.29. The van der Waals surface area contributed by atoms with E-state index in [2.05, 4.69) is 49.4 Å². The first kappa shape index (κ1) is 18.9. The van der Waals surface area contributed by atoms with Gasteiger partial charge in [-0.1, -0.05) is 109 Å². The Kier molecular flexibility index (Phi) is 5.07. The van der Waals surface area contributed by atoms with E-state index in [0.717, 1.165) is 22.3 Å². The van der Waals surface area contributed by atoms with Crippen molar-refractivity contribution < 1.29 is 0 Å². The van der Waals surface area contributed by atoms with Crippen LogP contribution >= 0.6 is 0 Å². The summed E-state index contributed by atoms with van der Waals surface area (Å²) in [5.41, 5.74) is 6.47. The van der Waals surface area contributed by atoms with Crippen molar-refractivity contribution in [2.75, 3.05) is 0 Å². The summed E-state index contributed by atoms with van der Waals surface area (Å²) >= 11 is 0. The first-order valence-corrected chi connectivity index (χ1v) is 10.3. The molecule has 148 valence electrons. The molecule has 0 N–H and O–H groups in total. The highest BCUT2D eigenvalue weighted by Gasteiger charge is 2.14. The van der Waals surface area contributed by atoms with E-state index in [0.29, 0.717) is 17.5 Å². The Labute approximate surface area is 182 Å². The third-order valence-corrected chi connectivity index (χ3v) is 5.27. The van der Waals surface area contributed by atoms with E-state index in [9.17, 15) is 0 Å². The molecule has 5 rings (SSSR count). The molecule has 0 aliphatic heterocycles. The normalized spacial score (nSPS) is 10.7. The first-order chi connectivity index (χ1) is 15.3. The summed E-state index contributed by atoms with van der Waals surface area (Å²) < 4.78 is 0. The lowest BCUT2D eigenvalue weighted by Crippen LogP contribution is -2.01. The van der Waals surface area contributed by atoms with Gasteiger partial charge in [-0.25, -0.2) is 15.0 Å². The van der Waals surface area contributed by atoms with E-state index < -0.39 is 0 Å². The molecule has 1 heterocycles. The van der Waals surface area contributed by atoms with Crippen LogP contribution in [0.25, 0.3) is 45.3 Å². The zero-order chi connectivity index (χ0) is 21.0. The molecule has 0 saturated carbocycles. The fraction of sp³-hybridized carbons (Fsp3) is 0.0357. The summed E-state index contributed by atoms with van der Waals surface area (Å²) in [5, 5.41) is 0. The van der Waals surface area contributed by atoms with Crippen LogP contribution in [0.3, 0.4) is 0 Å². The van der Waals surface area contributed by atoms with E-state index in [4.69, 9.17) is 15.0 Å². The molecule has 0 atom stereocenters. The Morgan fingerprint density at radius 2 is 0.871 bits per heavy atom. The molecule has 3 nitrogen and oxygen atoms in total. The van der Waals surface area contributed by atoms with Crippen LogP contribution in [0, 0.1) is 6.92 Å². The fourth-order valence-electron chi connectivity index (χ4n) is 3.65. The van der Waals surface area contributed by atoms with Gasteiger partial charge in [-0.3, -0.25) is 0 Å². The first-order valence-electron chi connectivity index (χ1n) is 10.3. The third kappa shape index (κ3) is 3.99. The predicted octanol–water partition coefficient (Wildman–Crippen LogP) is 6.85. The van der Waals surface area contributed by atoms with Crippen LogP contribution in [0.4, 0.5) is 0 Å². The van der Waals surface area contributed by atoms with Crippen molar-refractivity contribution in [1.82, 2.24) is 15.0 Å². The summed E-state index contributed by atoms with van der Waals surface area (Å²) in [5.74, 6) is 2.04. The lowest BCUT2D eigenvalue weighted by Gasteiger charge is -2.11. The zero-order valence-electron chi connectivity index (χ0n) is 17.2. The monoisotopic (exact) mass is 399 g/mol. The molecule has 4 aromatic carbocycles. The number of aryl methyl sites for hydroxylation is 1. The molecule has 31 heavy (non-hydrogen) atoms. The SMILES string of the molecule is Cc1cc(-c2ccccc2)ccc1-c1nc(-c2ccccc2)nc(-c2ccccc2)n1. The van der Waals surface area contributed by atoms with Gasteiger partial charge in [-0.2, -0.15) is 0 Å². The lowest BCUT2D eigenvalue weighted by molar-refractivity contribution is 1.07. The van der Waals surface area contributed by atoms with Gasteiger partial charge in [0, 0.05) is 16.7 Å². The van der Waals surface area contributed by atoms with Gasteiger partial charge < -0.3 is 0 Å². The summed E-state index contributed by atoms with van der Waals surface area (Å²) in [4.78, 5) is 14.5. The number of hydrogen-bond donors (Lipinski definition) is 0. The van der Waals surface area contributed by atoms with Crippen LogP contribution in [0.2, 0.25) is 0 Å². The van der Waals surface area contributed by atoms with Crippen molar-refractivity contribution in [3.05, 3.63) is 115 Å². The second-order valence-electron chi connectivity index (χ2n) is 7.43. The molecular formula is C28H21N3. The molecule has 0 bridgehead atoms. The van der Waals surface area contributed by atoms with Gasteiger partial charge in [0.2, 0.25) is 0 Å². The molecule has 0 amide bonds. The van der Waals surface area contributed by atoms with Gasteiger partial charge in [-0.15, -0.1) is 0 Å². The molecule has 0 unspecified atom stereocenters. The van der Waals surface area contributed by atoms with E-state index in [1.54, 1.807) is 0 Å². The smallest absolute Gasteiger partial charge is 0.164 e. The van der Waals surface area contributed by atoms with Crippen molar-refractivity contribution in [2.24, 2.45) is 0 Å². The lowest BCUT2D eigenvalue weighted by atomic mass is 9.99. The highest BCUT2D eigenvalue weighted by molar-refractivity contribution is 5.72. The molecule has 1 aromatic heterocycles. The maximum absolute atomic E-state index is 4.84. The van der Waals surface area contributed by atoms with Gasteiger partial charge >= 0.3 is 0 Å². The van der Waals surface area contributed by atoms with Crippen LogP contribution in [-0.4, -0.2) is 15.0 Å². The zero-order valence-corrected chi connectivity index (χ0v) is 17.2. The maximum Gasteiger partial charge on any atom is 0.164 e. The van der Waals surface area contributed by atoms with Crippen molar-refractivity contribution in [3.8, 4) is 45.3 Å². The van der Waals surface area contributed by atoms with Crippen LogP contribution in [0.5, 0.6) is 0 Å². The molecule has 5 aromatic rings. The minimum Gasteiger partial charge on any atom is -0.208 e. The predicted molar refractivity (Wildman–Crippen MR) is 126 cm³/mol. The molecule has 3 heteroatoms. The van der Waals surface area contributed by atoms with Crippen molar-refractivity contribution >= 4 is 0 Å². The Morgan fingerprint density at radius 1 is 0.419 bits per heavy atom. The van der Waals surface area contributed by atoms with Gasteiger partial charge in [0.25, 0.3) is 0 Å². The molecule has 0 fully saturated rings. The Hall–Kier alpha value is -4.11. The van der Waals surface area contributed by atoms with Crippen LogP contribution in [0.15, 0.2) is 109 Å². The second-order valence-corrected chi connectivity index (χ2v) is 7.43. The number of hydrogen-bond acceptors (Lipinski definition) is 3. The quantitative estimate of drug-likeness (QED) is 0.332. The number of aromatic nitrogens is 3. The van der Waals surface area contributed by atoms with E-state index in [1.807, 2.05) is 66.7 Å². The topological polar surface area (TPSA) is 38.7 Å². The minimum absolute atomic E-state index is 0.677. The van der Waals surface area contributed by atoms with Crippen LogP contribution < -0.4 is 0 Å². The summed E-state index contributed by atoms with van der Waals surface area (Å²) in [6.45, 7) is 2.11. The molecular weight excluding hydrogens is 378 g/mol. The van der Waals surface area contributed by atoms with Crippen LogP contribution in [0.1, 0.15) is 5.56 Å². The van der Waals surface area contributed by atoms with Crippen molar-refractivity contribution in [2.45, 2.75) is 6.92 Å². The van der Waals surface area contributed by atoms with Gasteiger partial charge in [0.1, 0.15) is 0 Å². The molecule has 0 aliphatic carbocycles. The summed E-state index contributed by atoms with van der Waals surface area (Å²) in [6.07, 6.45) is 0. The van der Waals surface area contributed by atoms with E-state index >= 15 is 0 Å². The van der Waals surface area contributed by atoms with Gasteiger partial charge in [-0.05, 0) is 23.6 Å². The Morgan fingerprint density at radius 3 is 1.35 bits per heavy atom. The number of benzene rings is 4.